The highest BCUT2D eigenvalue weighted by Gasteiger charge is 2.31. The van der Waals surface area contributed by atoms with E-state index >= 15 is 0 Å². The van der Waals surface area contributed by atoms with Crippen LogP contribution in [0.3, 0.4) is 0 Å². The van der Waals surface area contributed by atoms with E-state index in [1.165, 1.54) is 4.31 Å². The van der Waals surface area contributed by atoms with Crippen LogP contribution in [-0.2, 0) is 14.8 Å². The van der Waals surface area contributed by atoms with Gasteiger partial charge in [-0.15, -0.1) is 0 Å². The van der Waals surface area contributed by atoms with Crippen LogP contribution in [0.25, 0.3) is 0 Å². The maximum Gasteiger partial charge on any atom is 0.245 e. The minimum absolute atomic E-state index is 0.0697. The average Bonchev–Trinajstić information content (AvgIpc) is 2.92. The van der Waals surface area contributed by atoms with E-state index in [9.17, 15) is 8.42 Å². The molecule has 6 heteroatoms. The van der Waals surface area contributed by atoms with Crippen LogP contribution in [0, 0.1) is 0 Å². The molecule has 1 aromatic carbocycles. The van der Waals surface area contributed by atoms with Crippen molar-refractivity contribution in [2.75, 3.05) is 32.1 Å². The number of nitrogens with one attached hydrogen (secondary N) is 1. The summed E-state index contributed by atoms with van der Waals surface area (Å²) in [6.07, 6.45) is 0.749. The summed E-state index contributed by atoms with van der Waals surface area (Å²) in [5, 5.41) is 3.09. The average molecular weight is 284 g/mol. The number of benzene rings is 1. The fourth-order valence-corrected chi connectivity index (χ4v) is 3.73. The molecule has 0 amide bonds. The first-order valence-electron chi connectivity index (χ1n) is 6.46. The lowest BCUT2D eigenvalue weighted by molar-refractivity contribution is 0.181. The maximum atomic E-state index is 12.6. The molecule has 0 radical (unpaired) electrons. The fourth-order valence-electron chi connectivity index (χ4n) is 2.19. The van der Waals surface area contributed by atoms with E-state index in [1.807, 2.05) is 13.0 Å². The molecule has 1 N–H and O–H groups in total. The molecule has 1 fully saturated rings. The minimum Gasteiger partial charge on any atom is -0.384 e. The van der Waals surface area contributed by atoms with Crippen molar-refractivity contribution >= 4 is 15.7 Å². The Kier molecular flexibility index (Phi) is 4.44. The zero-order valence-electron chi connectivity index (χ0n) is 11.3. The summed E-state index contributed by atoms with van der Waals surface area (Å²) in [7, 11) is -1.86. The highest BCUT2D eigenvalue weighted by molar-refractivity contribution is 7.89. The first-order chi connectivity index (χ1) is 9.07. The van der Waals surface area contributed by atoms with E-state index < -0.39 is 10.0 Å². The lowest BCUT2D eigenvalue weighted by atomic mass is 10.3. The third-order valence-electron chi connectivity index (χ3n) is 3.33. The zero-order valence-corrected chi connectivity index (χ0v) is 12.1. The van der Waals surface area contributed by atoms with Crippen molar-refractivity contribution in [3.63, 3.8) is 0 Å². The quantitative estimate of drug-likeness (QED) is 0.891. The molecule has 0 aliphatic carbocycles. The second-order valence-electron chi connectivity index (χ2n) is 4.57. The molecule has 5 nitrogen and oxygen atoms in total. The summed E-state index contributed by atoms with van der Waals surface area (Å²) in [6, 6.07) is 6.93. The molecule has 0 saturated carbocycles. The van der Waals surface area contributed by atoms with Crippen molar-refractivity contribution in [3.05, 3.63) is 24.3 Å². The topological polar surface area (TPSA) is 58.6 Å². The van der Waals surface area contributed by atoms with E-state index in [0.717, 1.165) is 6.42 Å². The van der Waals surface area contributed by atoms with Gasteiger partial charge in [0.25, 0.3) is 0 Å². The van der Waals surface area contributed by atoms with E-state index in [1.54, 1.807) is 25.2 Å². The number of nitrogens with zero attached hydrogens (tertiary/aromatic N) is 1. The molecular weight excluding hydrogens is 264 g/mol. The first-order valence-corrected chi connectivity index (χ1v) is 7.90. The zero-order chi connectivity index (χ0) is 13.9. The molecule has 1 unspecified atom stereocenters. The lowest BCUT2D eigenvalue weighted by Gasteiger charge is -2.24. The summed E-state index contributed by atoms with van der Waals surface area (Å²) in [5.74, 6) is 0. The fraction of sp³-hybridized carbons (Fsp3) is 0.538. The van der Waals surface area contributed by atoms with Gasteiger partial charge in [0.05, 0.1) is 18.3 Å². The van der Waals surface area contributed by atoms with Crippen LogP contribution < -0.4 is 5.32 Å². The Labute approximate surface area is 114 Å². The second-order valence-corrected chi connectivity index (χ2v) is 6.53. The van der Waals surface area contributed by atoms with Gasteiger partial charge >= 0.3 is 0 Å². The highest BCUT2D eigenvalue weighted by Crippen LogP contribution is 2.26. The third kappa shape index (κ3) is 2.91. The Hall–Kier alpha value is -1.11. The predicted octanol–water partition coefficient (Wildman–Crippen LogP) is 1.53. The Bertz CT molecular complexity index is 524. The molecule has 1 aliphatic rings. The molecular formula is C13H20N2O3S. The Morgan fingerprint density at radius 1 is 1.42 bits per heavy atom. The lowest BCUT2D eigenvalue weighted by Crippen LogP contribution is -2.37. The van der Waals surface area contributed by atoms with E-state index in [-0.39, 0.29) is 6.04 Å². The van der Waals surface area contributed by atoms with Gasteiger partial charge in [0, 0.05) is 20.2 Å². The summed E-state index contributed by atoms with van der Waals surface area (Å²) >= 11 is 0. The standard InChI is InChI=1S/C13H20N2O3S/c1-3-14-12-6-4-5-7-13(12)19(16,17)15(2)11-8-9-18-10-11/h4-7,11,14H,3,8-10H2,1-2H3. The van der Waals surface area contributed by atoms with E-state index in [2.05, 4.69) is 5.32 Å². The number of rotatable bonds is 5. The van der Waals surface area contributed by atoms with Crippen LogP contribution in [-0.4, -0.2) is 45.6 Å². The first kappa shape index (κ1) is 14.3. The smallest absolute Gasteiger partial charge is 0.245 e. The largest absolute Gasteiger partial charge is 0.384 e. The predicted molar refractivity (Wildman–Crippen MR) is 74.8 cm³/mol. The molecule has 1 saturated heterocycles. The van der Waals surface area contributed by atoms with Crippen LogP contribution >= 0.6 is 0 Å². The summed E-state index contributed by atoms with van der Waals surface area (Å²) < 4.78 is 32.0. The summed E-state index contributed by atoms with van der Waals surface area (Å²) in [5.41, 5.74) is 0.649. The number of hydrogen-bond acceptors (Lipinski definition) is 4. The molecule has 19 heavy (non-hydrogen) atoms. The number of sulfonamides is 1. The third-order valence-corrected chi connectivity index (χ3v) is 5.30. The maximum absolute atomic E-state index is 12.6. The van der Waals surface area contributed by atoms with Crippen molar-refractivity contribution in [3.8, 4) is 0 Å². The minimum atomic E-state index is -3.48. The van der Waals surface area contributed by atoms with Crippen molar-refractivity contribution in [2.24, 2.45) is 0 Å². The molecule has 1 aromatic rings. The molecule has 0 bridgehead atoms. The van der Waals surface area contributed by atoms with Crippen molar-refractivity contribution < 1.29 is 13.2 Å². The number of para-hydroxylation sites is 1. The van der Waals surface area contributed by atoms with Crippen LogP contribution in [0.15, 0.2) is 29.2 Å². The number of ether oxygens (including phenoxy) is 1. The highest BCUT2D eigenvalue weighted by atomic mass is 32.2. The van der Waals surface area contributed by atoms with Gasteiger partial charge in [-0.25, -0.2) is 8.42 Å². The molecule has 1 heterocycles. The summed E-state index contributed by atoms with van der Waals surface area (Å²) in [4.78, 5) is 0.325. The van der Waals surface area contributed by atoms with Gasteiger partial charge in [0.1, 0.15) is 4.90 Å². The van der Waals surface area contributed by atoms with Gasteiger partial charge in [-0.05, 0) is 25.5 Å². The SMILES string of the molecule is CCNc1ccccc1S(=O)(=O)N(C)C1CCOC1. The Balaban J connectivity index is 2.33. The molecule has 106 valence electrons. The van der Waals surface area contributed by atoms with Crippen LogP contribution in [0.1, 0.15) is 13.3 Å². The van der Waals surface area contributed by atoms with Crippen molar-refractivity contribution in [1.82, 2.24) is 4.31 Å². The monoisotopic (exact) mass is 284 g/mol. The Morgan fingerprint density at radius 2 is 2.16 bits per heavy atom. The molecule has 0 aromatic heterocycles. The normalized spacial score (nSPS) is 19.8. The molecule has 1 atom stereocenters. The van der Waals surface area contributed by atoms with Crippen LogP contribution in [0.2, 0.25) is 0 Å². The van der Waals surface area contributed by atoms with Crippen LogP contribution in [0.4, 0.5) is 5.69 Å². The van der Waals surface area contributed by atoms with Crippen molar-refractivity contribution in [2.45, 2.75) is 24.3 Å². The number of anilines is 1. The number of hydrogen-bond donors (Lipinski definition) is 1. The molecule has 2 rings (SSSR count). The van der Waals surface area contributed by atoms with Crippen molar-refractivity contribution in [1.29, 1.82) is 0 Å². The van der Waals surface area contributed by atoms with E-state index in [0.29, 0.717) is 30.3 Å². The van der Waals surface area contributed by atoms with E-state index in [4.69, 9.17) is 4.74 Å². The molecule has 0 spiro atoms. The molecule has 1 aliphatic heterocycles. The summed E-state index contributed by atoms with van der Waals surface area (Å²) in [6.45, 7) is 3.72. The Morgan fingerprint density at radius 3 is 2.79 bits per heavy atom. The second kappa shape index (κ2) is 5.90. The van der Waals surface area contributed by atoms with Gasteiger partial charge in [0.15, 0.2) is 0 Å². The number of likely N-dealkylation sites (N-methyl/N-ethyl adjacent to an activating group) is 1. The van der Waals surface area contributed by atoms with Gasteiger partial charge in [-0.1, -0.05) is 12.1 Å². The van der Waals surface area contributed by atoms with Gasteiger partial charge in [-0.2, -0.15) is 4.31 Å². The van der Waals surface area contributed by atoms with Gasteiger partial charge in [-0.3, -0.25) is 0 Å². The van der Waals surface area contributed by atoms with Crippen LogP contribution in [0.5, 0.6) is 0 Å². The van der Waals surface area contributed by atoms with Gasteiger partial charge in [0.2, 0.25) is 10.0 Å². The van der Waals surface area contributed by atoms with Gasteiger partial charge < -0.3 is 10.1 Å².